The van der Waals surface area contributed by atoms with Crippen LogP contribution < -0.4 is 0 Å². The summed E-state index contributed by atoms with van der Waals surface area (Å²) in [6.07, 6.45) is 4.52. The predicted molar refractivity (Wildman–Crippen MR) is 91.1 cm³/mol. The molecule has 1 heterocycles. The highest BCUT2D eigenvalue weighted by Crippen LogP contribution is 2.31. The lowest BCUT2D eigenvalue weighted by Gasteiger charge is -2.26. The van der Waals surface area contributed by atoms with Crippen molar-refractivity contribution in [3.05, 3.63) is 52.7 Å². The van der Waals surface area contributed by atoms with Crippen molar-refractivity contribution >= 4 is 10.0 Å². The van der Waals surface area contributed by atoms with E-state index >= 15 is 0 Å². The van der Waals surface area contributed by atoms with Crippen molar-refractivity contribution < 1.29 is 8.42 Å². The van der Waals surface area contributed by atoms with Crippen LogP contribution in [0.5, 0.6) is 0 Å². The van der Waals surface area contributed by atoms with Gasteiger partial charge in [0.05, 0.1) is 11.4 Å². The number of rotatable bonds is 4. The van der Waals surface area contributed by atoms with Gasteiger partial charge in [-0.1, -0.05) is 43.2 Å². The molecule has 0 bridgehead atoms. The average molecular weight is 319 g/mol. The molecule has 0 unspecified atom stereocenters. The fourth-order valence-corrected chi connectivity index (χ4v) is 4.43. The third kappa shape index (κ3) is 3.27. The van der Waals surface area contributed by atoms with Gasteiger partial charge >= 0.3 is 0 Å². The number of aryl methyl sites for hydroxylation is 1. The van der Waals surface area contributed by atoms with Crippen molar-refractivity contribution in [2.45, 2.75) is 51.9 Å². The molecule has 0 aromatic heterocycles. The Morgan fingerprint density at radius 1 is 1.05 bits per heavy atom. The molecule has 4 heteroatoms. The van der Waals surface area contributed by atoms with E-state index in [2.05, 4.69) is 13.8 Å². The topological polar surface area (TPSA) is 37.4 Å². The number of benzene rings is 1. The van der Waals surface area contributed by atoms with Crippen LogP contribution in [0.1, 0.15) is 45.6 Å². The Labute approximate surface area is 134 Å². The van der Waals surface area contributed by atoms with Crippen molar-refractivity contribution in [2.75, 3.05) is 6.54 Å². The van der Waals surface area contributed by atoms with E-state index in [1.165, 1.54) is 11.1 Å². The lowest BCUT2D eigenvalue weighted by molar-refractivity contribution is 0.490. The van der Waals surface area contributed by atoms with Crippen LogP contribution >= 0.6 is 0 Å². The number of sulfonamides is 1. The van der Waals surface area contributed by atoms with Crippen molar-refractivity contribution in [1.82, 2.24) is 4.31 Å². The number of allylic oxidation sites excluding steroid dienone is 3. The zero-order valence-corrected chi connectivity index (χ0v) is 14.7. The summed E-state index contributed by atoms with van der Waals surface area (Å²) in [5, 5.41) is 0. The molecule has 0 saturated carbocycles. The van der Waals surface area contributed by atoms with Crippen LogP contribution in [0, 0.1) is 6.92 Å². The molecule has 0 radical (unpaired) electrons. The lowest BCUT2D eigenvalue weighted by atomic mass is 10.0. The van der Waals surface area contributed by atoms with E-state index in [0.717, 1.165) is 30.5 Å². The van der Waals surface area contributed by atoms with Crippen LogP contribution in [0.3, 0.4) is 0 Å². The minimum absolute atomic E-state index is 0.368. The fraction of sp³-hybridized carbons (Fsp3) is 0.444. The molecule has 0 saturated heterocycles. The summed E-state index contributed by atoms with van der Waals surface area (Å²) in [4.78, 5) is 0.368. The minimum Gasteiger partial charge on any atom is -0.266 e. The largest absolute Gasteiger partial charge is 0.266 e. The van der Waals surface area contributed by atoms with Gasteiger partial charge in [-0.05, 0) is 50.8 Å². The van der Waals surface area contributed by atoms with Crippen LogP contribution in [0.25, 0.3) is 0 Å². The van der Waals surface area contributed by atoms with Crippen LogP contribution in [0.2, 0.25) is 0 Å². The van der Waals surface area contributed by atoms with Crippen molar-refractivity contribution in [1.29, 1.82) is 0 Å². The smallest absolute Gasteiger partial charge is 0.264 e. The zero-order valence-electron chi connectivity index (χ0n) is 13.9. The standard InChI is InChI=1S/C18H25NO2S/c1-5-16-13-15(4)11-12-19(18(16)6-2)22(20,21)17-9-7-14(3)8-10-17/h7-11H,5-6,12-13H2,1-4H3. The maximum absolute atomic E-state index is 13.1. The molecular weight excluding hydrogens is 294 g/mol. The third-order valence-corrected chi connectivity index (χ3v) is 6.00. The maximum atomic E-state index is 13.1. The lowest BCUT2D eigenvalue weighted by Crippen LogP contribution is -2.31. The van der Waals surface area contributed by atoms with Gasteiger partial charge in [-0.3, -0.25) is 4.31 Å². The second-order valence-electron chi connectivity index (χ2n) is 5.83. The molecule has 1 aliphatic heterocycles. The van der Waals surface area contributed by atoms with Gasteiger partial charge in [0.1, 0.15) is 0 Å². The van der Waals surface area contributed by atoms with Crippen molar-refractivity contribution in [3.8, 4) is 0 Å². The van der Waals surface area contributed by atoms with E-state index in [-0.39, 0.29) is 0 Å². The molecule has 120 valence electrons. The van der Waals surface area contributed by atoms with Crippen molar-refractivity contribution in [2.24, 2.45) is 0 Å². The first-order chi connectivity index (χ1) is 10.4. The minimum atomic E-state index is -3.50. The molecule has 3 nitrogen and oxygen atoms in total. The predicted octanol–water partition coefficient (Wildman–Crippen LogP) is 4.41. The summed E-state index contributed by atoms with van der Waals surface area (Å²) in [6.45, 7) is 8.59. The van der Waals surface area contributed by atoms with E-state index in [9.17, 15) is 8.42 Å². The van der Waals surface area contributed by atoms with Crippen LogP contribution in [0.4, 0.5) is 0 Å². The molecule has 0 fully saturated rings. The zero-order chi connectivity index (χ0) is 16.3. The highest BCUT2D eigenvalue weighted by molar-refractivity contribution is 7.89. The molecular formula is C18H25NO2S. The summed E-state index contributed by atoms with van der Waals surface area (Å²) in [5.74, 6) is 0. The summed E-state index contributed by atoms with van der Waals surface area (Å²) in [5.41, 5.74) is 4.48. The molecule has 1 aromatic rings. The monoisotopic (exact) mass is 319 g/mol. The summed E-state index contributed by atoms with van der Waals surface area (Å²) >= 11 is 0. The van der Waals surface area contributed by atoms with Gasteiger partial charge in [0, 0.05) is 5.70 Å². The van der Waals surface area contributed by atoms with E-state index in [1.54, 1.807) is 16.4 Å². The molecule has 1 aromatic carbocycles. The highest BCUT2D eigenvalue weighted by atomic mass is 32.2. The van der Waals surface area contributed by atoms with Gasteiger partial charge < -0.3 is 0 Å². The Balaban J connectivity index is 2.54. The second-order valence-corrected chi connectivity index (χ2v) is 7.70. The first-order valence-corrected chi connectivity index (χ1v) is 9.30. The number of nitrogens with zero attached hydrogens (tertiary/aromatic N) is 1. The molecule has 0 aliphatic carbocycles. The second kappa shape index (κ2) is 6.69. The Morgan fingerprint density at radius 3 is 2.23 bits per heavy atom. The van der Waals surface area contributed by atoms with E-state index in [1.807, 2.05) is 32.1 Å². The molecule has 0 N–H and O–H groups in total. The Morgan fingerprint density at radius 2 is 1.68 bits per heavy atom. The van der Waals surface area contributed by atoms with Crippen LogP contribution in [-0.2, 0) is 10.0 Å². The van der Waals surface area contributed by atoms with Crippen LogP contribution in [0.15, 0.2) is 52.1 Å². The quantitative estimate of drug-likeness (QED) is 0.771. The Hall–Kier alpha value is -1.55. The fourth-order valence-electron chi connectivity index (χ4n) is 2.87. The Kier molecular flexibility index (Phi) is 5.12. The number of hydrogen-bond acceptors (Lipinski definition) is 2. The highest BCUT2D eigenvalue weighted by Gasteiger charge is 2.28. The Bertz CT molecular complexity index is 697. The average Bonchev–Trinajstić information content (AvgIpc) is 2.66. The van der Waals surface area contributed by atoms with Gasteiger partial charge in [0.15, 0.2) is 0 Å². The molecule has 0 amide bonds. The molecule has 1 aliphatic rings. The molecule has 0 atom stereocenters. The first kappa shape index (κ1) is 16.8. The molecule has 0 spiro atoms. The molecule has 2 rings (SSSR count). The van der Waals surface area contributed by atoms with Gasteiger partial charge in [0.2, 0.25) is 0 Å². The first-order valence-electron chi connectivity index (χ1n) is 7.86. The van der Waals surface area contributed by atoms with Crippen molar-refractivity contribution in [3.63, 3.8) is 0 Å². The van der Waals surface area contributed by atoms with Gasteiger partial charge in [-0.15, -0.1) is 0 Å². The van der Waals surface area contributed by atoms with Gasteiger partial charge in [-0.25, -0.2) is 8.42 Å². The summed E-state index contributed by atoms with van der Waals surface area (Å²) in [7, 11) is -3.50. The normalized spacial score (nSPS) is 16.5. The SMILES string of the molecule is CCC1=C(CC)N(S(=O)(=O)c2ccc(C)cc2)CC=C(C)C1. The summed E-state index contributed by atoms with van der Waals surface area (Å²) in [6, 6.07) is 7.10. The van der Waals surface area contributed by atoms with Gasteiger partial charge in [-0.2, -0.15) is 0 Å². The molecule has 22 heavy (non-hydrogen) atoms. The summed E-state index contributed by atoms with van der Waals surface area (Å²) < 4.78 is 27.7. The van der Waals surface area contributed by atoms with E-state index < -0.39 is 10.0 Å². The van der Waals surface area contributed by atoms with Crippen LogP contribution in [-0.4, -0.2) is 19.3 Å². The number of hydrogen-bond donors (Lipinski definition) is 0. The maximum Gasteiger partial charge on any atom is 0.264 e. The van der Waals surface area contributed by atoms with E-state index in [0.29, 0.717) is 11.4 Å². The third-order valence-electron chi connectivity index (χ3n) is 4.18. The van der Waals surface area contributed by atoms with E-state index in [4.69, 9.17) is 0 Å². The van der Waals surface area contributed by atoms with Gasteiger partial charge in [0.25, 0.3) is 10.0 Å².